The molecule has 0 aliphatic rings. The molecule has 0 atom stereocenters. The molecule has 1 rings (SSSR count). The van der Waals surface area contributed by atoms with Crippen molar-refractivity contribution in [1.82, 2.24) is 5.32 Å². The van der Waals surface area contributed by atoms with Crippen LogP contribution in [0, 0.1) is 0 Å². The maximum absolute atomic E-state index is 11.4. The minimum atomic E-state index is -0.223. The fourth-order valence-electron chi connectivity index (χ4n) is 1.68. The predicted molar refractivity (Wildman–Crippen MR) is 77.1 cm³/mol. The first-order valence-electron chi connectivity index (χ1n) is 6.78. The number of benzene rings is 1. The van der Waals surface area contributed by atoms with Crippen LogP contribution in [-0.4, -0.2) is 33.3 Å². The zero-order valence-corrected chi connectivity index (χ0v) is 12.4. The first kappa shape index (κ1) is 16.3. The van der Waals surface area contributed by atoms with E-state index in [1.807, 2.05) is 18.2 Å². The summed E-state index contributed by atoms with van der Waals surface area (Å²) in [6.45, 7) is 3.33. The van der Waals surface area contributed by atoms with Gasteiger partial charge in [0.05, 0.1) is 27.4 Å². The highest BCUT2D eigenvalue weighted by atomic mass is 16.5. The molecule has 0 aromatic heterocycles. The Morgan fingerprint density at radius 2 is 1.95 bits per heavy atom. The van der Waals surface area contributed by atoms with Gasteiger partial charge in [-0.3, -0.25) is 4.79 Å². The van der Waals surface area contributed by atoms with Gasteiger partial charge in [0.15, 0.2) is 11.5 Å². The summed E-state index contributed by atoms with van der Waals surface area (Å²) in [5.41, 5.74) is 1.02. The summed E-state index contributed by atoms with van der Waals surface area (Å²) in [4.78, 5) is 11.4. The summed E-state index contributed by atoms with van der Waals surface area (Å²) in [7, 11) is 3.20. The van der Waals surface area contributed by atoms with E-state index in [0.717, 1.165) is 18.4 Å². The van der Waals surface area contributed by atoms with E-state index >= 15 is 0 Å². The van der Waals surface area contributed by atoms with Crippen LogP contribution in [0.2, 0.25) is 0 Å². The molecule has 0 unspecified atom stereocenters. The van der Waals surface area contributed by atoms with E-state index in [1.54, 1.807) is 14.2 Å². The first-order chi connectivity index (χ1) is 9.71. The molecule has 1 aromatic carbocycles. The van der Waals surface area contributed by atoms with Crippen molar-refractivity contribution in [1.29, 1.82) is 0 Å². The van der Waals surface area contributed by atoms with E-state index in [9.17, 15) is 4.79 Å². The zero-order valence-electron chi connectivity index (χ0n) is 12.4. The third-order valence-electron chi connectivity index (χ3n) is 2.81. The zero-order chi connectivity index (χ0) is 14.8. The van der Waals surface area contributed by atoms with Crippen molar-refractivity contribution in [2.24, 2.45) is 0 Å². The van der Waals surface area contributed by atoms with E-state index in [2.05, 4.69) is 12.2 Å². The Labute approximate surface area is 120 Å². The maximum atomic E-state index is 11.4. The number of methoxy groups -OCH3 is 2. The Hall–Kier alpha value is -1.75. The molecule has 0 saturated heterocycles. The van der Waals surface area contributed by atoms with E-state index in [1.165, 1.54) is 0 Å². The van der Waals surface area contributed by atoms with E-state index < -0.39 is 0 Å². The second-order valence-corrected chi connectivity index (χ2v) is 4.37. The Bertz CT molecular complexity index is 420. The molecule has 1 aromatic rings. The number of carbonyl (C=O) groups is 1. The molecule has 0 fully saturated rings. The van der Waals surface area contributed by atoms with Gasteiger partial charge in [-0.05, 0) is 24.1 Å². The molecule has 0 radical (unpaired) electrons. The average molecular weight is 281 g/mol. The minimum Gasteiger partial charge on any atom is -0.493 e. The quantitative estimate of drug-likeness (QED) is 0.555. The van der Waals surface area contributed by atoms with E-state index in [-0.39, 0.29) is 12.5 Å². The molecule has 0 aliphatic carbocycles. The maximum Gasteiger partial charge on any atom is 0.319 e. The summed E-state index contributed by atoms with van der Waals surface area (Å²) >= 11 is 0. The van der Waals surface area contributed by atoms with Gasteiger partial charge >= 0.3 is 5.97 Å². The number of hydrogen-bond donors (Lipinski definition) is 1. The molecular weight excluding hydrogens is 258 g/mol. The molecule has 112 valence electrons. The molecule has 0 heterocycles. The van der Waals surface area contributed by atoms with Crippen molar-refractivity contribution < 1.29 is 19.0 Å². The molecule has 0 spiro atoms. The second-order valence-electron chi connectivity index (χ2n) is 4.37. The molecule has 5 heteroatoms. The Kier molecular flexibility index (Phi) is 7.50. The van der Waals surface area contributed by atoms with Gasteiger partial charge in [-0.2, -0.15) is 0 Å². The molecule has 20 heavy (non-hydrogen) atoms. The van der Waals surface area contributed by atoms with Crippen LogP contribution < -0.4 is 14.8 Å². The lowest BCUT2D eigenvalue weighted by Gasteiger charge is -2.10. The molecule has 0 bridgehead atoms. The summed E-state index contributed by atoms with van der Waals surface area (Å²) in [5.74, 6) is 1.14. The van der Waals surface area contributed by atoms with Crippen molar-refractivity contribution in [3.05, 3.63) is 23.8 Å². The van der Waals surface area contributed by atoms with Crippen LogP contribution in [-0.2, 0) is 16.1 Å². The smallest absolute Gasteiger partial charge is 0.319 e. The van der Waals surface area contributed by atoms with Crippen molar-refractivity contribution in [3.8, 4) is 11.5 Å². The summed E-state index contributed by atoms with van der Waals surface area (Å²) in [5, 5.41) is 3.05. The van der Waals surface area contributed by atoms with Crippen molar-refractivity contribution in [2.75, 3.05) is 27.4 Å². The first-order valence-corrected chi connectivity index (χ1v) is 6.78. The normalized spacial score (nSPS) is 10.2. The highest BCUT2D eigenvalue weighted by molar-refractivity contribution is 5.71. The molecule has 5 nitrogen and oxygen atoms in total. The van der Waals surface area contributed by atoms with Crippen LogP contribution in [0.4, 0.5) is 0 Å². The average Bonchev–Trinajstić information content (AvgIpc) is 2.47. The van der Waals surface area contributed by atoms with Gasteiger partial charge in [-0.25, -0.2) is 0 Å². The Morgan fingerprint density at radius 1 is 1.20 bits per heavy atom. The van der Waals surface area contributed by atoms with E-state index in [4.69, 9.17) is 14.2 Å². The molecule has 1 N–H and O–H groups in total. The van der Waals surface area contributed by atoms with Crippen LogP contribution in [0.5, 0.6) is 11.5 Å². The standard InChI is InChI=1S/C15H23NO4/c1-4-5-8-20-15(17)11-16-10-12-6-7-13(18-2)14(9-12)19-3/h6-7,9,16H,4-5,8,10-11H2,1-3H3. The summed E-state index contributed by atoms with van der Waals surface area (Å²) in [6, 6.07) is 5.65. The summed E-state index contributed by atoms with van der Waals surface area (Å²) < 4.78 is 15.5. The van der Waals surface area contributed by atoms with Crippen molar-refractivity contribution in [3.63, 3.8) is 0 Å². The molecular formula is C15H23NO4. The van der Waals surface area contributed by atoms with Crippen LogP contribution >= 0.6 is 0 Å². The van der Waals surface area contributed by atoms with Gasteiger partial charge in [0.2, 0.25) is 0 Å². The van der Waals surface area contributed by atoms with Gasteiger partial charge in [0.25, 0.3) is 0 Å². The molecule has 0 saturated carbocycles. The minimum absolute atomic E-state index is 0.206. The predicted octanol–water partition coefficient (Wildman–Crippen LogP) is 2.14. The van der Waals surface area contributed by atoms with Crippen LogP contribution in [0.1, 0.15) is 25.3 Å². The number of esters is 1. The number of hydrogen-bond acceptors (Lipinski definition) is 5. The van der Waals surface area contributed by atoms with Gasteiger partial charge in [-0.1, -0.05) is 19.4 Å². The van der Waals surface area contributed by atoms with Crippen molar-refractivity contribution in [2.45, 2.75) is 26.3 Å². The number of nitrogens with one attached hydrogen (secondary N) is 1. The van der Waals surface area contributed by atoms with Gasteiger partial charge in [-0.15, -0.1) is 0 Å². The largest absolute Gasteiger partial charge is 0.493 e. The van der Waals surface area contributed by atoms with Crippen LogP contribution in [0.25, 0.3) is 0 Å². The summed E-state index contributed by atoms with van der Waals surface area (Å²) in [6.07, 6.45) is 1.92. The molecule has 0 aliphatic heterocycles. The second kappa shape index (κ2) is 9.20. The monoisotopic (exact) mass is 281 g/mol. The Morgan fingerprint density at radius 3 is 2.60 bits per heavy atom. The fraction of sp³-hybridized carbons (Fsp3) is 0.533. The Balaban J connectivity index is 2.36. The highest BCUT2D eigenvalue weighted by Crippen LogP contribution is 2.27. The fourth-order valence-corrected chi connectivity index (χ4v) is 1.68. The van der Waals surface area contributed by atoms with E-state index in [0.29, 0.717) is 24.7 Å². The van der Waals surface area contributed by atoms with Crippen LogP contribution in [0.3, 0.4) is 0 Å². The highest BCUT2D eigenvalue weighted by Gasteiger charge is 2.05. The number of unbranched alkanes of at least 4 members (excludes halogenated alkanes) is 1. The third kappa shape index (κ3) is 5.48. The number of rotatable bonds is 9. The van der Waals surface area contributed by atoms with Gasteiger partial charge in [0, 0.05) is 6.54 Å². The van der Waals surface area contributed by atoms with Crippen LogP contribution in [0.15, 0.2) is 18.2 Å². The number of ether oxygens (including phenoxy) is 3. The van der Waals surface area contributed by atoms with Gasteiger partial charge < -0.3 is 19.5 Å². The topological polar surface area (TPSA) is 56.8 Å². The third-order valence-corrected chi connectivity index (χ3v) is 2.81. The van der Waals surface area contributed by atoms with Crippen molar-refractivity contribution >= 4 is 5.97 Å². The molecule has 0 amide bonds. The number of carbonyl (C=O) groups excluding carboxylic acids is 1. The van der Waals surface area contributed by atoms with Gasteiger partial charge in [0.1, 0.15) is 0 Å². The SMILES string of the molecule is CCCCOC(=O)CNCc1ccc(OC)c(OC)c1. The lowest BCUT2D eigenvalue weighted by atomic mass is 10.2. The lowest BCUT2D eigenvalue weighted by molar-refractivity contribution is -0.142. The lowest BCUT2D eigenvalue weighted by Crippen LogP contribution is -2.24.